The predicted molar refractivity (Wildman–Crippen MR) is 111 cm³/mol. The van der Waals surface area contributed by atoms with Gasteiger partial charge >= 0.3 is 0 Å². The van der Waals surface area contributed by atoms with Crippen molar-refractivity contribution in [2.75, 3.05) is 26.2 Å². The number of carbonyl (C=O) groups excluding carboxylic acids is 2. The molecule has 0 aliphatic carbocycles. The van der Waals surface area contributed by atoms with E-state index < -0.39 is 0 Å². The van der Waals surface area contributed by atoms with Gasteiger partial charge in [0.2, 0.25) is 5.91 Å². The molecular formula is C21H27ClN4O3. The summed E-state index contributed by atoms with van der Waals surface area (Å²) in [5.74, 6) is 0.465. The molecule has 2 heterocycles. The van der Waals surface area contributed by atoms with Gasteiger partial charge in [-0.05, 0) is 49.4 Å². The van der Waals surface area contributed by atoms with Crippen molar-refractivity contribution in [1.82, 2.24) is 20.0 Å². The van der Waals surface area contributed by atoms with Crippen LogP contribution in [0.1, 0.15) is 41.6 Å². The molecule has 156 valence electrons. The van der Waals surface area contributed by atoms with E-state index in [4.69, 9.17) is 16.3 Å². The molecule has 1 aromatic heterocycles. The molecule has 2 amide bonds. The number of aryl methyl sites for hydroxylation is 2. The van der Waals surface area contributed by atoms with E-state index >= 15 is 0 Å². The monoisotopic (exact) mass is 418 g/mol. The molecule has 29 heavy (non-hydrogen) atoms. The smallest absolute Gasteiger partial charge is 0.255 e. The standard InChI is InChI=1S/C21H27ClN4O3/c1-25-15-16(14-24-25)5-8-20(27)26-10-3-2-9-23-21(28)18-13-17(22)6-7-19(18)29-12-4-11-26/h6-7,13-15H,2-5,8-12H2,1H3,(H,23,28). The summed E-state index contributed by atoms with van der Waals surface area (Å²) >= 11 is 6.04. The summed E-state index contributed by atoms with van der Waals surface area (Å²) < 4.78 is 7.56. The van der Waals surface area contributed by atoms with E-state index in [1.165, 1.54) is 0 Å². The highest BCUT2D eigenvalue weighted by atomic mass is 35.5. The van der Waals surface area contributed by atoms with Gasteiger partial charge in [-0.25, -0.2) is 0 Å². The van der Waals surface area contributed by atoms with Gasteiger partial charge in [-0.1, -0.05) is 11.6 Å². The van der Waals surface area contributed by atoms with Crippen molar-refractivity contribution in [1.29, 1.82) is 0 Å². The minimum Gasteiger partial charge on any atom is -0.493 e. The number of fused-ring (bicyclic) bond motifs is 1. The molecule has 0 radical (unpaired) electrons. The van der Waals surface area contributed by atoms with E-state index in [9.17, 15) is 9.59 Å². The van der Waals surface area contributed by atoms with E-state index in [0.717, 1.165) is 18.4 Å². The van der Waals surface area contributed by atoms with Crippen LogP contribution >= 0.6 is 11.6 Å². The zero-order chi connectivity index (χ0) is 20.6. The van der Waals surface area contributed by atoms with Gasteiger partial charge in [-0.15, -0.1) is 0 Å². The lowest BCUT2D eigenvalue weighted by atomic mass is 10.1. The van der Waals surface area contributed by atoms with Crippen LogP contribution < -0.4 is 10.1 Å². The Kier molecular flexibility index (Phi) is 7.52. The first-order chi connectivity index (χ1) is 14.0. The number of rotatable bonds is 3. The van der Waals surface area contributed by atoms with Crippen LogP contribution in [0.5, 0.6) is 5.75 Å². The van der Waals surface area contributed by atoms with Gasteiger partial charge in [0.15, 0.2) is 0 Å². The Balaban J connectivity index is 1.60. The molecule has 1 aromatic carbocycles. The van der Waals surface area contributed by atoms with Gasteiger partial charge < -0.3 is 15.0 Å². The van der Waals surface area contributed by atoms with Crippen molar-refractivity contribution in [3.8, 4) is 5.75 Å². The Morgan fingerprint density at radius 2 is 2.10 bits per heavy atom. The second-order valence-corrected chi connectivity index (χ2v) is 7.64. The van der Waals surface area contributed by atoms with Crippen molar-refractivity contribution in [3.63, 3.8) is 0 Å². The third kappa shape index (κ3) is 6.22. The number of halogens is 1. The minimum absolute atomic E-state index is 0.139. The molecule has 0 unspecified atom stereocenters. The van der Waals surface area contributed by atoms with Crippen molar-refractivity contribution in [2.24, 2.45) is 7.05 Å². The summed E-state index contributed by atoms with van der Waals surface area (Å²) in [4.78, 5) is 27.1. The van der Waals surface area contributed by atoms with Gasteiger partial charge in [0.25, 0.3) is 5.91 Å². The number of nitrogens with one attached hydrogen (secondary N) is 1. The summed E-state index contributed by atoms with van der Waals surface area (Å²) in [6.07, 6.45) is 7.22. The molecule has 2 aromatic rings. The number of aromatic nitrogens is 2. The fourth-order valence-electron chi connectivity index (χ4n) is 3.34. The molecule has 7 nitrogen and oxygen atoms in total. The Morgan fingerprint density at radius 3 is 2.90 bits per heavy atom. The minimum atomic E-state index is -0.189. The Morgan fingerprint density at radius 1 is 1.28 bits per heavy atom. The van der Waals surface area contributed by atoms with Crippen LogP contribution in [0.3, 0.4) is 0 Å². The number of benzene rings is 1. The topological polar surface area (TPSA) is 76.5 Å². The maximum absolute atomic E-state index is 12.7. The number of hydrogen-bond donors (Lipinski definition) is 1. The van der Waals surface area contributed by atoms with Gasteiger partial charge in [-0.2, -0.15) is 5.10 Å². The third-order valence-electron chi connectivity index (χ3n) is 4.90. The third-order valence-corrected chi connectivity index (χ3v) is 5.13. The Bertz CT molecular complexity index is 852. The van der Waals surface area contributed by atoms with Crippen molar-refractivity contribution in [2.45, 2.75) is 32.1 Å². The lowest BCUT2D eigenvalue weighted by molar-refractivity contribution is -0.131. The number of ether oxygens (including phenoxy) is 1. The second-order valence-electron chi connectivity index (χ2n) is 7.21. The van der Waals surface area contributed by atoms with Crippen LogP contribution in [-0.2, 0) is 18.3 Å². The summed E-state index contributed by atoms with van der Waals surface area (Å²) in [6, 6.07) is 5.05. The van der Waals surface area contributed by atoms with Crippen molar-refractivity contribution >= 4 is 23.4 Å². The highest BCUT2D eigenvalue weighted by molar-refractivity contribution is 6.31. The van der Waals surface area contributed by atoms with E-state index in [1.807, 2.05) is 18.1 Å². The molecule has 1 aliphatic rings. The van der Waals surface area contributed by atoms with Gasteiger partial charge in [0, 0.05) is 44.3 Å². The molecule has 0 spiro atoms. The first kappa shape index (κ1) is 21.2. The molecule has 1 N–H and O–H groups in total. The molecule has 3 rings (SSSR count). The normalized spacial score (nSPS) is 15.9. The second kappa shape index (κ2) is 10.3. The molecule has 0 bridgehead atoms. The molecule has 0 fully saturated rings. The largest absolute Gasteiger partial charge is 0.493 e. The van der Waals surface area contributed by atoms with Crippen LogP contribution in [-0.4, -0.2) is 52.7 Å². The van der Waals surface area contributed by atoms with Crippen LogP contribution in [0.2, 0.25) is 5.02 Å². The number of hydrogen-bond acceptors (Lipinski definition) is 4. The maximum atomic E-state index is 12.7. The van der Waals surface area contributed by atoms with E-state index in [-0.39, 0.29) is 11.8 Å². The Labute approximate surface area is 176 Å². The first-order valence-electron chi connectivity index (χ1n) is 9.99. The van der Waals surface area contributed by atoms with Crippen molar-refractivity contribution in [3.05, 3.63) is 46.7 Å². The quantitative estimate of drug-likeness (QED) is 0.831. The lowest BCUT2D eigenvalue weighted by Gasteiger charge is -2.23. The summed E-state index contributed by atoms with van der Waals surface area (Å²) in [5, 5.41) is 7.55. The maximum Gasteiger partial charge on any atom is 0.255 e. The summed E-state index contributed by atoms with van der Waals surface area (Å²) in [7, 11) is 1.87. The molecule has 8 heteroatoms. The molecular weight excluding hydrogens is 392 g/mol. The van der Waals surface area contributed by atoms with Crippen LogP contribution in [0.15, 0.2) is 30.6 Å². The predicted octanol–water partition coefficient (Wildman–Crippen LogP) is 2.83. The van der Waals surface area contributed by atoms with Gasteiger partial charge in [0.1, 0.15) is 5.75 Å². The zero-order valence-corrected chi connectivity index (χ0v) is 17.5. The molecule has 0 atom stereocenters. The van der Waals surface area contributed by atoms with Crippen LogP contribution in [0.25, 0.3) is 0 Å². The highest BCUT2D eigenvalue weighted by Crippen LogP contribution is 2.23. The summed E-state index contributed by atoms with van der Waals surface area (Å²) in [5.41, 5.74) is 1.51. The first-order valence-corrected chi connectivity index (χ1v) is 10.4. The zero-order valence-electron chi connectivity index (χ0n) is 16.7. The molecule has 1 aliphatic heterocycles. The number of nitrogens with zero attached hydrogens (tertiary/aromatic N) is 3. The van der Waals surface area contributed by atoms with E-state index in [0.29, 0.717) is 61.8 Å². The number of carbonyl (C=O) groups is 2. The van der Waals surface area contributed by atoms with Gasteiger partial charge in [-0.3, -0.25) is 14.3 Å². The average molecular weight is 419 g/mol. The lowest BCUT2D eigenvalue weighted by Crippen LogP contribution is -2.34. The van der Waals surface area contributed by atoms with Crippen LogP contribution in [0, 0.1) is 0 Å². The fraction of sp³-hybridized carbons (Fsp3) is 0.476. The Hall–Kier alpha value is -2.54. The average Bonchev–Trinajstić information content (AvgIpc) is 3.13. The molecule has 0 saturated heterocycles. The van der Waals surface area contributed by atoms with E-state index in [2.05, 4.69) is 10.4 Å². The molecule has 0 saturated carbocycles. The van der Waals surface area contributed by atoms with Crippen molar-refractivity contribution < 1.29 is 14.3 Å². The fourth-order valence-corrected chi connectivity index (χ4v) is 3.51. The number of amides is 2. The van der Waals surface area contributed by atoms with E-state index in [1.54, 1.807) is 29.1 Å². The highest BCUT2D eigenvalue weighted by Gasteiger charge is 2.17. The summed E-state index contributed by atoms with van der Waals surface area (Å²) in [6.45, 7) is 2.29. The SMILES string of the molecule is Cn1cc(CCC(=O)N2CCCCNC(=O)c3cc(Cl)ccc3OCCC2)cn1. The van der Waals surface area contributed by atoms with Crippen LogP contribution in [0.4, 0.5) is 0 Å². The van der Waals surface area contributed by atoms with Gasteiger partial charge in [0.05, 0.1) is 18.4 Å².